The number of nitrogens with two attached hydrogens (primary N) is 1. The zero-order valence-corrected chi connectivity index (χ0v) is 13.0. The number of hydrogen-bond donors (Lipinski definition) is 1. The smallest absolute Gasteiger partial charge is 0.277 e. The number of thiazole rings is 1. The molecule has 0 saturated heterocycles. The van der Waals surface area contributed by atoms with Crippen molar-refractivity contribution in [1.29, 1.82) is 0 Å². The van der Waals surface area contributed by atoms with Crippen LogP contribution >= 0.6 is 11.3 Å². The van der Waals surface area contributed by atoms with Gasteiger partial charge in [0.2, 0.25) is 0 Å². The molecule has 3 aromatic heterocycles. The van der Waals surface area contributed by atoms with Crippen molar-refractivity contribution < 1.29 is 8.91 Å². The predicted molar refractivity (Wildman–Crippen MR) is 82.9 cm³/mol. The summed E-state index contributed by atoms with van der Waals surface area (Å²) >= 11 is 1.28. The van der Waals surface area contributed by atoms with Crippen LogP contribution < -0.4 is 5.73 Å². The van der Waals surface area contributed by atoms with Gasteiger partial charge < -0.3 is 10.3 Å². The number of halogens is 1. The van der Waals surface area contributed by atoms with Gasteiger partial charge in [-0.1, -0.05) is 18.0 Å². The Morgan fingerprint density at radius 1 is 1.26 bits per heavy atom. The monoisotopic (exact) mass is 331 g/mol. The Morgan fingerprint density at radius 3 is 2.87 bits per heavy atom. The summed E-state index contributed by atoms with van der Waals surface area (Å²) in [6.45, 7) is 0. The van der Waals surface area contributed by atoms with Gasteiger partial charge in [-0.05, 0) is 25.0 Å². The zero-order valence-electron chi connectivity index (χ0n) is 12.2. The molecule has 0 unspecified atom stereocenters. The van der Waals surface area contributed by atoms with E-state index in [9.17, 15) is 4.39 Å². The van der Waals surface area contributed by atoms with Crippen LogP contribution in [0, 0.1) is 5.82 Å². The Labute approximate surface area is 135 Å². The van der Waals surface area contributed by atoms with Crippen LogP contribution in [-0.4, -0.2) is 20.1 Å². The van der Waals surface area contributed by atoms with Crippen LogP contribution in [0.1, 0.15) is 31.5 Å². The van der Waals surface area contributed by atoms with Crippen LogP contribution in [0.4, 0.5) is 4.39 Å². The summed E-state index contributed by atoms with van der Waals surface area (Å²) in [7, 11) is 0. The fraction of sp³-hybridized carbons (Fsp3) is 0.333. The van der Waals surface area contributed by atoms with Crippen molar-refractivity contribution in [1.82, 2.24) is 20.1 Å². The molecule has 1 saturated carbocycles. The van der Waals surface area contributed by atoms with Crippen LogP contribution in [0.25, 0.3) is 22.3 Å². The Kier molecular flexibility index (Phi) is 3.42. The van der Waals surface area contributed by atoms with Crippen LogP contribution in [0.3, 0.4) is 0 Å². The second-order valence-corrected chi connectivity index (χ2v) is 6.52. The lowest BCUT2D eigenvalue weighted by Gasteiger charge is -2.17. The first-order valence-electron chi connectivity index (χ1n) is 7.36. The van der Waals surface area contributed by atoms with Crippen LogP contribution in [-0.2, 0) is 5.54 Å². The average Bonchev–Trinajstić information content (AvgIpc) is 3.27. The maximum Gasteiger partial charge on any atom is 0.277 e. The Balaban J connectivity index is 1.65. The molecule has 6 nitrogen and oxygen atoms in total. The molecular weight excluding hydrogens is 317 g/mol. The third kappa shape index (κ3) is 2.53. The number of aromatic nitrogens is 4. The number of pyridine rings is 1. The lowest BCUT2D eigenvalue weighted by atomic mass is 9.99. The maximum atomic E-state index is 13.8. The minimum absolute atomic E-state index is 0.217. The van der Waals surface area contributed by atoms with E-state index in [1.54, 1.807) is 11.4 Å². The van der Waals surface area contributed by atoms with Crippen molar-refractivity contribution >= 4 is 11.3 Å². The van der Waals surface area contributed by atoms with E-state index in [1.165, 1.54) is 23.6 Å². The van der Waals surface area contributed by atoms with Crippen molar-refractivity contribution in [2.45, 2.75) is 31.2 Å². The standard InChI is InChI=1S/C15H14FN5OS/c16-9-4-3-7-18-11(9)13-19-10(8-23-13)12-20-14(21-22-12)15(17)5-1-2-6-15/h3-4,7-8H,1-2,5-6,17H2. The van der Waals surface area contributed by atoms with E-state index in [0.29, 0.717) is 22.4 Å². The summed E-state index contributed by atoms with van der Waals surface area (Å²) in [6, 6.07) is 2.90. The molecule has 0 aliphatic heterocycles. The molecule has 4 rings (SSSR count). The molecule has 3 aromatic rings. The van der Waals surface area contributed by atoms with E-state index < -0.39 is 11.4 Å². The summed E-state index contributed by atoms with van der Waals surface area (Å²) in [5.41, 5.74) is 6.55. The molecule has 0 amide bonds. The summed E-state index contributed by atoms with van der Waals surface area (Å²) < 4.78 is 19.1. The van der Waals surface area contributed by atoms with E-state index in [0.717, 1.165) is 25.7 Å². The van der Waals surface area contributed by atoms with Gasteiger partial charge in [0.05, 0.1) is 5.54 Å². The molecule has 1 aliphatic rings. The van der Waals surface area contributed by atoms with Gasteiger partial charge in [0.1, 0.15) is 16.4 Å². The third-order valence-electron chi connectivity index (χ3n) is 4.05. The van der Waals surface area contributed by atoms with Crippen molar-refractivity contribution in [3.63, 3.8) is 0 Å². The van der Waals surface area contributed by atoms with Crippen LogP contribution in [0.5, 0.6) is 0 Å². The fourth-order valence-electron chi connectivity index (χ4n) is 2.78. The first-order valence-corrected chi connectivity index (χ1v) is 8.23. The summed E-state index contributed by atoms with van der Waals surface area (Å²) in [5, 5.41) is 6.23. The van der Waals surface area contributed by atoms with Gasteiger partial charge in [0, 0.05) is 11.6 Å². The number of hydrogen-bond acceptors (Lipinski definition) is 7. The highest BCUT2D eigenvalue weighted by Gasteiger charge is 2.36. The average molecular weight is 331 g/mol. The number of nitrogens with zero attached hydrogens (tertiary/aromatic N) is 4. The predicted octanol–water partition coefficient (Wildman–Crippen LogP) is 3.12. The molecule has 0 aromatic carbocycles. The minimum atomic E-state index is -0.506. The summed E-state index contributed by atoms with van der Waals surface area (Å²) in [5.74, 6) is 0.408. The van der Waals surface area contributed by atoms with Crippen molar-refractivity contribution in [3.8, 4) is 22.3 Å². The molecule has 8 heteroatoms. The first-order chi connectivity index (χ1) is 11.2. The van der Waals surface area contributed by atoms with Crippen LogP contribution in [0.2, 0.25) is 0 Å². The quantitative estimate of drug-likeness (QED) is 0.793. The molecule has 23 heavy (non-hydrogen) atoms. The second-order valence-electron chi connectivity index (χ2n) is 5.66. The maximum absolute atomic E-state index is 13.8. The molecule has 0 bridgehead atoms. The molecule has 0 radical (unpaired) electrons. The van der Waals surface area contributed by atoms with Crippen molar-refractivity contribution in [2.75, 3.05) is 0 Å². The van der Waals surface area contributed by atoms with Gasteiger partial charge in [-0.25, -0.2) is 9.37 Å². The molecule has 0 atom stereocenters. The van der Waals surface area contributed by atoms with E-state index in [2.05, 4.69) is 20.1 Å². The van der Waals surface area contributed by atoms with Gasteiger partial charge in [-0.3, -0.25) is 4.98 Å². The van der Waals surface area contributed by atoms with Gasteiger partial charge >= 0.3 is 0 Å². The lowest BCUT2D eigenvalue weighted by Crippen LogP contribution is -2.34. The van der Waals surface area contributed by atoms with Gasteiger partial charge in [0.15, 0.2) is 11.6 Å². The highest BCUT2D eigenvalue weighted by molar-refractivity contribution is 7.13. The molecule has 118 valence electrons. The highest BCUT2D eigenvalue weighted by atomic mass is 32.1. The van der Waals surface area contributed by atoms with Crippen molar-refractivity contribution in [3.05, 3.63) is 35.4 Å². The molecule has 1 fully saturated rings. The van der Waals surface area contributed by atoms with Crippen molar-refractivity contribution in [2.24, 2.45) is 5.73 Å². The lowest BCUT2D eigenvalue weighted by molar-refractivity contribution is 0.372. The molecular formula is C15H14FN5OS. The largest absolute Gasteiger partial charge is 0.332 e. The molecule has 0 spiro atoms. The topological polar surface area (TPSA) is 90.7 Å². The molecule has 3 heterocycles. The van der Waals surface area contributed by atoms with E-state index in [1.807, 2.05) is 0 Å². The van der Waals surface area contributed by atoms with Gasteiger partial charge in [-0.2, -0.15) is 4.98 Å². The van der Waals surface area contributed by atoms with E-state index in [4.69, 9.17) is 10.3 Å². The van der Waals surface area contributed by atoms with E-state index in [-0.39, 0.29) is 5.69 Å². The molecule has 2 N–H and O–H groups in total. The second kappa shape index (κ2) is 5.47. The third-order valence-corrected chi connectivity index (χ3v) is 4.90. The first kappa shape index (κ1) is 14.4. The SMILES string of the molecule is NC1(c2noc(-c3csc(-c4ncccc4F)n3)n2)CCCC1. The summed E-state index contributed by atoms with van der Waals surface area (Å²) in [6.07, 6.45) is 5.38. The highest BCUT2D eigenvalue weighted by Crippen LogP contribution is 2.36. The normalized spacial score (nSPS) is 16.8. The van der Waals surface area contributed by atoms with Gasteiger partial charge in [-0.15, -0.1) is 11.3 Å². The molecule has 1 aliphatic carbocycles. The van der Waals surface area contributed by atoms with Gasteiger partial charge in [0.25, 0.3) is 5.89 Å². The number of rotatable bonds is 3. The van der Waals surface area contributed by atoms with E-state index >= 15 is 0 Å². The van der Waals surface area contributed by atoms with Crippen LogP contribution in [0.15, 0.2) is 28.2 Å². The zero-order chi connectivity index (χ0) is 15.9. The Hall–Kier alpha value is -2.19. The Bertz CT molecular complexity index is 840. The Morgan fingerprint density at radius 2 is 2.09 bits per heavy atom. The summed E-state index contributed by atoms with van der Waals surface area (Å²) in [4.78, 5) is 12.8. The fourth-order valence-corrected chi connectivity index (χ4v) is 3.57. The minimum Gasteiger partial charge on any atom is -0.332 e.